The first kappa shape index (κ1) is 19.6. The van der Waals surface area contributed by atoms with E-state index in [0.29, 0.717) is 0 Å². The maximum atomic E-state index is 9.82. The zero-order valence-corrected chi connectivity index (χ0v) is 17.9. The van der Waals surface area contributed by atoms with Gasteiger partial charge in [0, 0.05) is 12.7 Å². The highest BCUT2D eigenvalue weighted by molar-refractivity contribution is 7.04. The largest absolute Gasteiger partial charge is 0.286 e. The van der Waals surface area contributed by atoms with Crippen LogP contribution < -0.4 is 10.4 Å². The second kappa shape index (κ2) is 7.84. The third-order valence-corrected chi connectivity index (χ3v) is 12.1. The van der Waals surface area contributed by atoms with Crippen molar-refractivity contribution in [3.63, 3.8) is 0 Å². The molecule has 0 aromatic heterocycles. The van der Waals surface area contributed by atoms with E-state index in [-0.39, 0.29) is 11.1 Å². The normalized spacial score (nSPS) is 18.6. The van der Waals surface area contributed by atoms with Crippen LogP contribution in [0.3, 0.4) is 0 Å². The Morgan fingerprint density at radius 3 is 1.96 bits per heavy atom. The van der Waals surface area contributed by atoms with E-state index < -0.39 is 8.07 Å². The Morgan fingerprint density at radius 2 is 1.52 bits per heavy atom. The molecule has 0 aliphatic carbocycles. The van der Waals surface area contributed by atoms with E-state index in [9.17, 15) is 5.26 Å². The van der Waals surface area contributed by atoms with Crippen molar-refractivity contribution in [2.45, 2.75) is 45.2 Å². The van der Waals surface area contributed by atoms with Gasteiger partial charge in [-0.2, -0.15) is 5.26 Å². The van der Waals surface area contributed by atoms with Gasteiger partial charge in [-0.15, -0.1) is 0 Å². The van der Waals surface area contributed by atoms with Gasteiger partial charge in [0.15, 0.2) is 0 Å². The Morgan fingerprint density at radius 1 is 1.00 bits per heavy atom. The van der Waals surface area contributed by atoms with Crippen LogP contribution in [0.4, 0.5) is 0 Å². The summed E-state index contributed by atoms with van der Waals surface area (Å²) in [6, 6.07) is 24.6. The number of nitrogens with zero attached hydrogens (tertiary/aromatic N) is 2. The van der Waals surface area contributed by atoms with Crippen molar-refractivity contribution in [3.8, 4) is 6.07 Å². The summed E-state index contributed by atoms with van der Waals surface area (Å²) >= 11 is 0. The highest BCUT2D eigenvalue weighted by Gasteiger charge is 2.49. The molecule has 2 aromatic rings. The third-order valence-electron chi connectivity index (χ3n) is 6.03. The number of hydrogen-bond donors (Lipinski definition) is 0. The van der Waals surface area contributed by atoms with Gasteiger partial charge in [0.2, 0.25) is 0 Å². The minimum absolute atomic E-state index is 0.0309. The van der Waals surface area contributed by atoms with Crippen molar-refractivity contribution in [1.29, 1.82) is 5.26 Å². The number of rotatable bonds is 4. The molecule has 1 heterocycles. The van der Waals surface area contributed by atoms with E-state index in [2.05, 4.69) is 105 Å². The molecule has 0 N–H and O–H groups in total. The quantitative estimate of drug-likeness (QED) is 0.594. The molecule has 1 atom stereocenters. The SMILES string of the molecule is CC1=CCN(C[Si](c2ccccc2)(c2ccccc2)C(C)(C)C)C(C#N)C1. The van der Waals surface area contributed by atoms with Crippen LogP contribution in [0.15, 0.2) is 72.3 Å². The van der Waals surface area contributed by atoms with Crippen LogP contribution in [-0.2, 0) is 0 Å². The van der Waals surface area contributed by atoms with Crippen LogP contribution in [0, 0.1) is 11.3 Å². The maximum Gasteiger partial charge on any atom is 0.136 e. The lowest BCUT2D eigenvalue weighted by Crippen LogP contribution is -2.70. The third kappa shape index (κ3) is 3.78. The van der Waals surface area contributed by atoms with Crippen molar-refractivity contribution in [2.24, 2.45) is 0 Å². The molecule has 0 radical (unpaired) electrons. The summed E-state index contributed by atoms with van der Waals surface area (Å²) < 4.78 is 0. The summed E-state index contributed by atoms with van der Waals surface area (Å²) in [5.41, 5.74) is 1.33. The Kier molecular flexibility index (Phi) is 5.69. The summed E-state index contributed by atoms with van der Waals surface area (Å²) in [6.45, 7) is 10.2. The molecule has 3 rings (SSSR count). The Bertz CT molecular complexity index is 789. The summed E-state index contributed by atoms with van der Waals surface area (Å²) in [5.74, 6) is 0. The lowest BCUT2D eigenvalue weighted by atomic mass is 10.0. The van der Waals surface area contributed by atoms with Gasteiger partial charge in [-0.3, -0.25) is 4.90 Å². The lowest BCUT2D eigenvalue weighted by molar-refractivity contribution is 0.278. The van der Waals surface area contributed by atoms with Crippen molar-refractivity contribution < 1.29 is 0 Å². The van der Waals surface area contributed by atoms with Gasteiger partial charge in [-0.25, -0.2) is 0 Å². The van der Waals surface area contributed by atoms with E-state index in [1.54, 1.807) is 0 Å². The summed E-state index contributed by atoms with van der Waals surface area (Å²) in [6.07, 6.45) is 4.12. The zero-order chi connectivity index (χ0) is 19.5. The molecule has 1 unspecified atom stereocenters. The molecule has 0 amide bonds. The van der Waals surface area contributed by atoms with E-state index >= 15 is 0 Å². The molecule has 0 fully saturated rings. The van der Waals surface area contributed by atoms with E-state index in [1.165, 1.54) is 15.9 Å². The first-order valence-corrected chi connectivity index (χ1v) is 12.0. The Hall–Kier alpha value is -2.15. The second-order valence-corrected chi connectivity index (χ2v) is 13.5. The fraction of sp³-hybridized carbons (Fsp3) is 0.375. The van der Waals surface area contributed by atoms with Crippen molar-refractivity contribution in [2.75, 3.05) is 12.7 Å². The van der Waals surface area contributed by atoms with E-state index in [4.69, 9.17) is 0 Å². The molecule has 2 nitrogen and oxygen atoms in total. The predicted molar refractivity (Wildman–Crippen MR) is 117 cm³/mol. The fourth-order valence-corrected chi connectivity index (χ4v) is 9.81. The van der Waals surface area contributed by atoms with Crippen molar-refractivity contribution >= 4 is 18.4 Å². The minimum atomic E-state index is -2.17. The van der Waals surface area contributed by atoms with Crippen LogP contribution in [-0.4, -0.2) is 31.7 Å². The van der Waals surface area contributed by atoms with Gasteiger partial charge in [0.25, 0.3) is 0 Å². The van der Waals surface area contributed by atoms with Crippen LogP contribution in [0.25, 0.3) is 0 Å². The summed E-state index contributed by atoms with van der Waals surface area (Å²) in [5, 5.41) is 12.8. The minimum Gasteiger partial charge on any atom is -0.286 e. The monoisotopic (exact) mass is 374 g/mol. The van der Waals surface area contributed by atoms with Crippen LogP contribution in [0.1, 0.15) is 34.1 Å². The summed E-state index contributed by atoms with van der Waals surface area (Å²) in [7, 11) is -2.17. The molecule has 3 heteroatoms. The first-order valence-electron chi connectivity index (χ1n) is 9.79. The van der Waals surface area contributed by atoms with Crippen molar-refractivity contribution in [1.82, 2.24) is 4.90 Å². The molecule has 2 aromatic carbocycles. The Balaban J connectivity index is 2.17. The molecular formula is C24H30N2Si. The average molecular weight is 375 g/mol. The molecule has 0 saturated heterocycles. The molecule has 0 spiro atoms. The van der Waals surface area contributed by atoms with E-state index in [1.807, 2.05) is 0 Å². The van der Waals surface area contributed by atoms with Gasteiger partial charge in [0.1, 0.15) is 14.1 Å². The Labute approximate surface area is 165 Å². The molecule has 1 aliphatic heterocycles. The lowest BCUT2D eigenvalue weighted by Gasteiger charge is -2.48. The molecular weight excluding hydrogens is 344 g/mol. The van der Waals surface area contributed by atoms with E-state index in [0.717, 1.165) is 19.1 Å². The molecule has 1 aliphatic rings. The first-order chi connectivity index (χ1) is 12.9. The number of nitriles is 1. The zero-order valence-electron chi connectivity index (χ0n) is 16.9. The smallest absolute Gasteiger partial charge is 0.136 e. The molecule has 140 valence electrons. The highest BCUT2D eigenvalue weighted by atomic mass is 28.3. The maximum absolute atomic E-state index is 9.82. The van der Waals surface area contributed by atoms with Crippen LogP contribution in [0.5, 0.6) is 0 Å². The summed E-state index contributed by atoms with van der Waals surface area (Å²) in [4.78, 5) is 2.42. The molecule has 0 saturated carbocycles. The van der Waals surface area contributed by atoms with Gasteiger partial charge in [-0.05, 0) is 18.4 Å². The standard InChI is InChI=1S/C24H30N2Si/c1-20-15-16-26(21(17-20)18-25)19-27(24(2,3)4,22-11-7-5-8-12-22)23-13-9-6-10-14-23/h5-15,21H,16-17,19H2,1-4H3. The van der Waals surface area contributed by atoms with Crippen LogP contribution in [0.2, 0.25) is 5.04 Å². The molecule has 0 bridgehead atoms. The average Bonchev–Trinajstić information content (AvgIpc) is 2.67. The van der Waals surface area contributed by atoms with Crippen molar-refractivity contribution in [3.05, 3.63) is 72.3 Å². The van der Waals surface area contributed by atoms with Gasteiger partial charge < -0.3 is 0 Å². The predicted octanol–water partition coefficient (Wildman–Crippen LogP) is 4.13. The number of benzene rings is 2. The van der Waals surface area contributed by atoms with Crippen LogP contribution >= 0.6 is 0 Å². The second-order valence-electron chi connectivity index (χ2n) is 8.72. The highest BCUT2D eigenvalue weighted by Crippen LogP contribution is 2.37. The topological polar surface area (TPSA) is 27.0 Å². The fourth-order valence-electron chi connectivity index (χ4n) is 4.42. The van der Waals surface area contributed by atoms with Gasteiger partial charge in [0.05, 0.1) is 6.07 Å². The molecule has 27 heavy (non-hydrogen) atoms. The van der Waals surface area contributed by atoms with Gasteiger partial charge in [-0.1, -0.05) is 103 Å². The van der Waals surface area contributed by atoms with Gasteiger partial charge >= 0.3 is 0 Å². The number of hydrogen-bond acceptors (Lipinski definition) is 2.